The van der Waals surface area contributed by atoms with Gasteiger partial charge in [0.1, 0.15) is 0 Å². The molecule has 1 aromatic carbocycles. The number of sulfonamides is 1. The number of carbonyl (C=O) groups excluding carboxylic acids is 1. The zero-order valence-corrected chi connectivity index (χ0v) is 17.2. The molecule has 0 aromatic heterocycles. The van der Waals surface area contributed by atoms with Gasteiger partial charge < -0.3 is 15.3 Å². The molecule has 1 atom stereocenters. The van der Waals surface area contributed by atoms with E-state index in [1.165, 1.54) is 10.4 Å². The van der Waals surface area contributed by atoms with Gasteiger partial charge in [0.2, 0.25) is 15.9 Å². The van der Waals surface area contributed by atoms with Gasteiger partial charge in [0.25, 0.3) is 0 Å². The van der Waals surface area contributed by atoms with Gasteiger partial charge in [-0.05, 0) is 44.0 Å². The van der Waals surface area contributed by atoms with Crippen LogP contribution in [0.3, 0.4) is 0 Å². The van der Waals surface area contributed by atoms with Gasteiger partial charge in [0.15, 0.2) is 0 Å². The number of carboxylic acids is 1. The van der Waals surface area contributed by atoms with Gasteiger partial charge in [0, 0.05) is 38.3 Å². The van der Waals surface area contributed by atoms with E-state index in [2.05, 4.69) is 5.32 Å². The minimum atomic E-state index is -3.52. The molecule has 156 valence electrons. The Labute approximate surface area is 171 Å². The van der Waals surface area contributed by atoms with Crippen molar-refractivity contribution in [3.63, 3.8) is 0 Å². The number of nitrogens with zero attached hydrogens (tertiary/aromatic N) is 2. The number of hydrogen-bond acceptors (Lipinski definition) is 5. The summed E-state index contributed by atoms with van der Waals surface area (Å²) in [5.41, 5.74) is 0.449. The summed E-state index contributed by atoms with van der Waals surface area (Å²) in [6, 6.07) is 6.31. The van der Waals surface area contributed by atoms with E-state index in [9.17, 15) is 18.0 Å². The molecule has 2 aliphatic rings. The number of anilines is 1. The Morgan fingerprint density at radius 2 is 1.89 bits per heavy atom. The lowest BCUT2D eigenvalue weighted by Crippen LogP contribution is -2.28. The molecule has 0 bridgehead atoms. The van der Waals surface area contributed by atoms with Crippen LogP contribution in [0.25, 0.3) is 0 Å². The zero-order valence-electron chi connectivity index (χ0n) is 15.5. The molecule has 0 radical (unpaired) electrons. The fourth-order valence-electron chi connectivity index (χ4n) is 3.53. The first-order valence-electron chi connectivity index (χ1n) is 9.21. The number of carbonyl (C=O) groups is 2. The molecule has 1 amide bonds. The average molecular weight is 432 g/mol. The fourth-order valence-corrected chi connectivity index (χ4v) is 5.10. The minimum Gasteiger partial charge on any atom is -0.481 e. The van der Waals surface area contributed by atoms with Crippen LogP contribution in [0.2, 0.25) is 0 Å². The highest BCUT2D eigenvalue weighted by Gasteiger charge is 2.28. The number of aliphatic carboxylic acids is 1. The summed E-state index contributed by atoms with van der Waals surface area (Å²) in [7, 11) is -3.52. The van der Waals surface area contributed by atoms with Crippen molar-refractivity contribution in [3.05, 3.63) is 24.3 Å². The van der Waals surface area contributed by atoms with Crippen molar-refractivity contribution in [2.75, 3.05) is 38.0 Å². The molecule has 1 unspecified atom stereocenters. The Morgan fingerprint density at radius 3 is 2.54 bits per heavy atom. The van der Waals surface area contributed by atoms with Gasteiger partial charge in [-0.1, -0.05) is 6.07 Å². The van der Waals surface area contributed by atoms with Gasteiger partial charge >= 0.3 is 5.97 Å². The number of carboxylic acid groups (broad SMARTS) is 1. The van der Waals surface area contributed by atoms with Crippen LogP contribution in [0.15, 0.2) is 29.2 Å². The summed E-state index contributed by atoms with van der Waals surface area (Å²) >= 11 is 0. The number of rotatable bonds is 7. The van der Waals surface area contributed by atoms with Crippen molar-refractivity contribution < 1.29 is 23.1 Å². The summed E-state index contributed by atoms with van der Waals surface area (Å²) in [5.74, 6) is -1.37. The molecule has 1 aromatic rings. The van der Waals surface area contributed by atoms with E-state index in [4.69, 9.17) is 5.11 Å². The molecule has 2 aliphatic heterocycles. The zero-order chi connectivity index (χ0) is 19.4. The molecule has 28 heavy (non-hydrogen) atoms. The summed E-state index contributed by atoms with van der Waals surface area (Å²) in [6.45, 7) is 2.69. The van der Waals surface area contributed by atoms with Crippen molar-refractivity contribution >= 4 is 40.0 Å². The topological polar surface area (TPSA) is 107 Å². The highest BCUT2D eigenvalue weighted by atomic mass is 35.5. The summed E-state index contributed by atoms with van der Waals surface area (Å²) in [4.78, 5) is 25.3. The number of halogens is 1. The van der Waals surface area contributed by atoms with Crippen LogP contribution in [0.1, 0.15) is 25.7 Å². The normalized spacial score (nSPS) is 20.6. The SMILES string of the molecule is Cl.O=C(CCN1CCC(C(=O)O)C1)Nc1cccc(S(=O)(=O)N2CCCC2)c1. The lowest BCUT2D eigenvalue weighted by Gasteiger charge is -2.17. The largest absolute Gasteiger partial charge is 0.481 e. The van der Waals surface area contributed by atoms with Crippen LogP contribution in [0.5, 0.6) is 0 Å². The number of nitrogens with one attached hydrogen (secondary N) is 1. The number of amides is 1. The first kappa shape index (κ1) is 22.6. The molecule has 0 spiro atoms. The van der Waals surface area contributed by atoms with Gasteiger partial charge in [-0.3, -0.25) is 9.59 Å². The van der Waals surface area contributed by atoms with E-state index in [1.54, 1.807) is 18.2 Å². The predicted octanol–water partition coefficient (Wildman–Crippen LogP) is 1.63. The number of likely N-dealkylation sites (tertiary alicyclic amines) is 1. The molecule has 0 aliphatic carbocycles. The summed E-state index contributed by atoms with van der Waals surface area (Å²) in [6.07, 6.45) is 2.58. The highest BCUT2D eigenvalue weighted by Crippen LogP contribution is 2.23. The Hall–Kier alpha value is -1.68. The first-order chi connectivity index (χ1) is 12.9. The average Bonchev–Trinajstić information content (AvgIpc) is 3.32. The fraction of sp³-hybridized carbons (Fsp3) is 0.556. The van der Waals surface area contributed by atoms with Crippen LogP contribution in [-0.2, 0) is 19.6 Å². The summed E-state index contributed by atoms with van der Waals surface area (Å²) in [5, 5.41) is 11.8. The molecule has 2 saturated heterocycles. The van der Waals surface area contributed by atoms with E-state index in [-0.39, 0.29) is 35.5 Å². The van der Waals surface area contributed by atoms with Crippen LogP contribution in [0.4, 0.5) is 5.69 Å². The van der Waals surface area contributed by atoms with Crippen molar-refractivity contribution in [1.29, 1.82) is 0 Å². The quantitative estimate of drug-likeness (QED) is 0.679. The number of benzene rings is 1. The Kier molecular flexibility index (Phi) is 7.82. The van der Waals surface area contributed by atoms with Crippen LogP contribution < -0.4 is 5.32 Å². The Balaban J connectivity index is 0.00000280. The van der Waals surface area contributed by atoms with E-state index in [1.807, 2.05) is 4.90 Å². The van der Waals surface area contributed by atoms with E-state index >= 15 is 0 Å². The third-order valence-corrected chi connectivity index (χ3v) is 6.99. The van der Waals surface area contributed by atoms with Gasteiger partial charge in [-0.25, -0.2) is 8.42 Å². The van der Waals surface area contributed by atoms with Crippen molar-refractivity contribution in [1.82, 2.24) is 9.21 Å². The molecule has 2 heterocycles. The van der Waals surface area contributed by atoms with Crippen LogP contribution in [0, 0.1) is 5.92 Å². The summed E-state index contributed by atoms with van der Waals surface area (Å²) < 4.78 is 26.7. The third-order valence-electron chi connectivity index (χ3n) is 5.10. The molecule has 0 saturated carbocycles. The van der Waals surface area contributed by atoms with Crippen molar-refractivity contribution in [3.8, 4) is 0 Å². The molecular formula is C18H26ClN3O5S. The van der Waals surface area contributed by atoms with E-state index in [0.29, 0.717) is 44.8 Å². The minimum absolute atomic E-state index is 0. The van der Waals surface area contributed by atoms with Gasteiger partial charge in [-0.15, -0.1) is 12.4 Å². The second kappa shape index (κ2) is 9.69. The van der Waals surface area contributed by atoms with Crippen LogP contribution >= 0.6 is 12.4 Å². The lowest BCUT2D eigenvalue weighted by atomic mass is 10.1. The molecule has 2 N–H and O–H groups in total. The second-order valence-corrected chi connectivity index (χ2v) is 9.00. The van der Waals surface area contributed by atoms with Gasteiger partial charge in [-0.2, -0.15) is 4.31 Å². The monoisotopic (exact) mass is 431 g/mol. The van der Waals surface area contributed by atoms with Gasteiger partial charge in [0.05, 0.1) is 10.8 Å². The third kappa shape index (κ3) is 5.44. The smallest absolute Gasteiger partial charge is 0.307 e. The van der Waals surface area contributed by atoms with E-state index < -0.39 is 16.0 Å². The Bertz CT molecular complexity index is 811. The maximum absolute atomic E-state index is 12.6. The second-order valence-electron chi connectivity index (χ2n) is 7.06. The van der Waals surface area contributed by atoms with E-state index in [0.717, 1.165) is 12.8 Å². The molecule has 3 rings (SSSR count). The van der Waals surface area contributed by atoms with Crippen molar-refractivity contribution in [2.24, 2.45) is 5.92 Å². The first-order valence-corrected chi connectivity index (χ1v) is 10.7. The maximum atomic E-state index is 12.6. The lowest BCUT2D eigenvalue weighted by molar-refractivity contribution is -0.141. The molecule has 10 heteroatoms. The van der Waals surface area contributed by atoms with Crippen LogP contribution in [-0.4, -0.2) is 67.3 Å². The molecule has 2 fully saturated rings. The van der Waals surface area contributed by atoms with Crippen molar-refractivity contribution in [2.45, 2.75) is 30.6 Å². The molecular weight excluding hydrogens is 406 g/mol. The maximum Gasteiger partial charge on any atom is 0.307 e. The predicted molar refractivity (Wildman–Crippen MR) is 107 cm³/mol. The molecule has 8 nitrogen and oxygen atoms in total. The number of hydrogen-bond donors (Lipinski definition) is 2. The highest BCUT2D eigenvalue weighted by molar-refractivity contribution is 7.89. The Morgan fingerprint density at radius 1 is 1.18 bits per heavy atom. The standard InChI is InChI=1S/C18H25N3O5S.ClH/c22-17(7-11-20-10-6-14(13-20)18(23)24)19-15-4-3-5-16(12-15)27(25,26)21-8-1-2-9-21;/h3-5,12,14H,1-2,6-11,13H2,(H,19,22)(H,23,24);1H.